The summed E-state index contributed by atoms with van der Waals surface area (Å²) in [4.78, 5) is 11.2. The Kier molecular flexibility index (Phi) is 2.95. The molecule has 1 aromatic rings. The quantitative estimate of drug-likeness (QED) is 0.716. The van der Waals surface area contributed by atoms with E-state index in [2.05, 4.69) is 4.74 Å². The SMILES string of the molecule is CCCn1cc(N)cc1C(=O)OC. The minimum atomic E-state index is -0.342. The summed E-state index contributed by atoms with van der Waals surface area (Å²) < 4.78 is 6.43. The predicted molar refractivity (Wildman–Crippen MR) is 50.5 cm³/mol. The lowest BCUT2D eigenvalue weighted by Gasteiger charge is -2.04. The van der Waals surface area contributed by atoms with Gasteiger partial charge < -0.3 is 15.0 Å². The van der Waals surface area contributed by atoms with Crippen molar-refractivity contribution in [2.45, 2.75) is 19.9 Å². The normalized spacial score (nSPS) is 10.0. The number of nitrogens with zero attached hydrogens (tertiary/aromatic N) is 1. The van der Waals surface area contributed by atoms with Crippen molar-refractivity contribution >= 4 is 11.7 Å². The molecule has 0 atom stereocenters. The van der Waals surface area contributed by atoms with E-state index in [0.717, 1.165) is 13.0 Å². The predicted octanol–water partition coefficient (Wildman–Crippen LogP) is 1.27. The molecule has 0 aromatic carbocycles. The number of rotatable bonds is 3. The van der Waals surface area contributed by atoms with Crippen LogP contribution in [0.3, 0.4) is 0 Å². The molecular formula is C9H14N2O2. The van der Waals surface area contributed by atoms with Crippen molar-refractivity contribution in [2.75, 3.05) is 12.8 Å². The minimum Gasteiger partial charge on any atom is -0.464 e. The molecule has 13 heavy (non-hydrogen) atoms. The Morgan fingerprint density at radius 3 is 2.92 bits per heavy atom. The van der Waals surface area contributed by atoms with E-state index in [1.807, 2.05) is 6.92 Å². The Hall–Kier alpha value is -1.45. The van der Waals surface area contributed by atoms with Crippen LogP contribution in [0.4, 0.5) is 5.69 Å². The van der Waals surface area contributed by atoms with Gasteiger partial charge in [0.1, 0.15) is 5.69 Å². The summed E-state index contributed by atoms with van der Waals surface area (Å²) in [6.07, 6.45) is 2.70. The maximum atomic E-state index is 11.2. The number of nitrogen functional groups attached to an aromatic ring is 1. The number of nitrogens with two attached hydrogens (primary N) is 1. The van der Waals surface area contributed by atoms with E-state index in [1.165, 1.54) is 7.11 Å². The number of anilines is 1. The second-order valence-corrected chi connectivity index (χ2v) is 2.84. The van der Waals surface area contributed by atoms with E-state index in [4.69, 9.17) is 5.73 Å². The zero-order chi connectivity index (χ0) is 9.84. The highest BCUT2D eigenvalue weighted by atomic mass is 16.5. The molecule has 0 amide bonds. The van der Waals surface area contributed by atoms with Gasteiger partial charge in [-0.3, -0.25) is 0 Å². The van der Waals surface area contributed by atoms with Crippen molar-refractivity contribution < 1.29 is 9.53 Å². The fraction of sp³-hybridized carbons (Fsp3) is 0.444. The Morgan fingerprint density at radius 1 is 1.69 bits per heavy atom. The molecule has 0 fully saturated rings. The van der Waals surface area contributed by atoms with Gasteiger partial charge in [0, 0.05) is 12.7 Å². The van der Waals surface area contributed by atoms with Gasteiger partial charge >= 0.3 is 5.97 Å². The zero-order valence-electron chi connectivity index (χ0n) is 7.91. The number of esters is 1. The number of aryl methyl sites for hydroxylation is 1. The smallest absolute Gasteiger partial charge is 0.354 e. The third-order valence-electron chi connectivity index (χ3n) is 1.78. The van der Waals surface area contributed by atoms with Gasteiger partial charge in [-0.15, -0.1) is 0 Å². The number of methoxy groups -OCH3 is 1. The van der Waals surface area contributed by atoms with Crippen LogP contribution >= 0.6 is 0 Å². The first-order valence-corrected chi connectivity index (χ1v) is 4.23. The molecule has 0 spiro atoms. The Morgan fingerprint density at radius 2 is 2.38 bits per heavy atom. The fourth-order valence-electron chi connectivity index (χ4n) is 1.23. The molecule has 4 heteroatoms. The molecule has 1 rings (SSSR count). The molecule has 0 aliphatic rings. The molecule has 0 saturated heterocycles. The van der Waals surface area contributed by atoms with E-state index in [9.17, 15) is 4.79 Å². The number of hydrogen-bond donors (Lipinski definition) is 1. The van der Waals surface area contributed by atoms with Gasteiger partial charge in [-0.25, -0.2) is 4.79 Å². The topological polar surface area (TPSA) is 57.2 Å². The average molecular weight is 182 g/mol. The third kappa shape index (κ3) is 2.02. The summed E-state index contributed by atoms with van der Waals surface area (Å²) in [5.41, 5.74) is 6.68. The highest BCUT2D eigenvalue weighted by Gasteiger charge is 2.11. The number of carbonyl (C=O) groups is 1. The van der Waals surface area contributed by atoms with E-state index < -0.39 is 0 Å². The van der Waals surface area contributed by atoms with Crippen molar-refractivity contribution in [1.82, 2.24) is 4.57 Å². The first-order valence-electron chi connectivity index (χ1n) is 4.23. The molecule has 0 unspecified atom stereocenters. The number of aromatic nitrogens is 1. The molecular weight excluding hydrogens is 168 g/mol. The summed E-state index contributed by atoms with van der Waals surface area (Å²) in [5, 5.41) is 0. The third-order valence-corrected chi connectivity index (χ3v) is 1.78. The van der Waals surface area contributed by atoms with E-state index >= 15 is 0 Å². The van der Waals surface area contributed by atoms with E-state index in [0.29, 0.717) is 11.4 Å². The second-order valence-electron chi connectivity index (χ2n) is 2.84. The highest BCUT2D eigenvalue weighted by Crippen LogP contribution is 2.12. The summed E-state index contributed by atoms with van der Waals surface area (Å²) in [6.45, 7) is 2.82. The van der Waals surface area contributed by atoms with Crippen molar-refractivity contribution in [2.24, 2.45) is 0 Å². The lowest BCUT2D eigenvalue weighted by molar-refractivity contribution is 0.0588. The van der Waals surface area contributed by atoms with Crippen LogP contribution in [0.25, 0.3) is 0 Å². The first-order chi connectivity index (χ1) is 6.19. The van der Waals surface area contributed by atoms with Crippen LogP contribution in [0.5, 0.6) is 0 Å². The molecule has 0 aliphatic carbocycles. The van der Waals surface area contributed by atoms with Gasteiger partial charge in [0.15, 0.2) is 0 Å². The van der Waals surface area contributed by atoms with Crippen molar-refractivity contribution in [3.05, 3.63) is 18.0 Å². The second kappa shape index (κ2) is 3.98. The molecule has 4 nitrogen and oxygen atoms in total. The molecule has 0 saturated carbocycles. The van der Waals surface area contributed by atoms with Gasteiger partial charge in [-0.2, -0.15) is 0 Å². The van der Waals surface area contributed by atoms with E-state index in [-0.39, 0.29) is 5.97 Å². The van der Waals surface area contributed by atoms with Gasteiger partial charge in [0.05, 0.1) is 12.8 Å². The van der Waals surface area contributed by atoms with Crippen molar-refractivity contribution in [3.63, 3.8) is 0 Å². The van der Waals surface area contributed by atoms with Crippen LogP contribution in [-0.4, -0.2) is 17.6 Å². The minimum absolute atomic E-state index is 0.342. The molecule has 1 heterocycles. The summed E-state index contributed by atoms with van der Waals surface area (Å²) >= 11 is 0. The summed E-state index contributed by atoms with van der Waals surface area (Å²) in [5.74, 6) is -0.342. The average Bonchev–Trinajstić information content (AvgIpc) is 2.46. The van der Waals surface area contributed by atoms with Gasteiger partial charge in [0.2, 0.25) is 0 Å². The molecule has 72 valence electrons. The van der Waals surface area contributed by atoms with Crippen LogP contribution in [-0.2, 0) is 11.3 Å². The van der Waals surface area contributed by atoms with Gasteiger partial charge in [-0.05, 0) is 12.5 Å². The number of hydrogen-bond acceptors (Lipinski definition) is 3. The van der Waals surface area contributed by atoms with Crippen LogP contribution < -0.4 is 5.73 Å². The fourth-order valence-corrected chi connectivity index (χ4v) is 1.23. The summed E-state index contributed by atoms with van der Waals surface area (Å²) in [6, 6.07) is 1.63. The highest BCUT2D eigenvalue weighted by molar-refractivity contribution is 5.88. The van der Waals surface area contributed by atoms with E-state index in [1.54, 1.807) is 16.8 Å². The lowest BCUT2D eigenvalue weighted by Crippen LogP contribution is -2.09. The maximum Gasteiger partial charge on any atom is 0.354 e. The summed E-state index contributed by atoms with van der Waals surface area (Å²) in [7, 11) is 1.36. The monoisotopic (exact) mass is 182 g/mol. The van der Waals surface area contributed by atoms with Gasteiger partial charge in [-0.1, -0.05) is 6.92 Å². The molecule has 2 N–H and O–H groups in total. The molecule has 1 aromatic heterocycles. The first kappa shape index (κ1) is 9.64. The van der Waals surface area contributed by atoms with Gasteiger partial charge in [0.25, 0.3) is 0 Å². The maximum absolute atomic E-state index is 11.2. The Bertz CT molecular complexity index is 305. The zero-order valence-corrected chi connectivity index (χ0v) is 7.91. The molecule has 0 bridgehead atoms. The molecule has 0 radical (unpaired) electrons. The molecule has 0 aliphatic heterocycles. The van der Waals surface area contributed by atoms with Crippen molar-refractivity contribution in [3.8, 4) is 0 Å². The van der Waals surface area contributed by atoms with Crippen LogP contribution in [0.2, 0.25) is 0 Å². The number of ether oxygens (including phenoxy) is 1. The van der Waals surface area contributed by atoms with Crippen LogP contribution in [0.15, 0.2) is 12.3 Å². The van der Waals surface area contributed by atoms with Crippen LogP contribution in [0.1, 0.15) is 23.8 Å². The largest absolute Gasteiger partial charge is 0.464 e. The van der Waals surface area contributed by atoms with Crippen LogP contribution in [0, 0.1) is 0 Å². The number of carbonyl (C=O) groups excluding carboxylic acids is 1. The Balaban J connectivity index is 2.96. The van der Waals surface area contributed by atoms with Crippen molar-refractivity contribution in [1.29, 1.82) is 0 Å². The standard InChI is InChI=1S/C9H14N2O2/c1-3-4-11-6-7(10)5-8(11)9(12)13-2/h5-6H,3-4,10H2,1-2H3. The Labute approximate surface area is 77.3 Å². The lowest BCUT2D eigenvalue weighted by atomic mass is 10.4.